The average molecular weight is 233 g/mol. The smallest absolute Gasteiger partial charge is 0.312 e. The maximum atomic E-state index is 11.6. The second-order valence-electron chi connectivity index (χ2n) is 4.08. The topological polar surface area (TPSA) is 79.4 Å². The van der Waals surface area contributed by atoms with Crippen molar-refractivity contribution < 1.29 is 9.53 Å². The summed E-state index contributed by atoms with van der Waals surface area (Å²) >= 11 is 0. The van der Waals surface area contributed by atoms with E-state index in [1.807, 2.05) is 30.3 Å². The quantitative estimate of drug-likeness (QED) is 0.454. The van der Waals surface area contributed by atoms with Gasteiger partial charge in [0.15, 0.2) is 5.96 Å². The molecular formula is C12H15N3O2. The van der Waals surface area contributed by atoms with E-state index < -0.39 is 0 Å². The Bertz CT molecular complexity index is 413. The Hall–Kier alpha value is -2.04. The molecule has 2 rings (SSSR count). The molecular weight excluding hydrogens is 218 g/mol. The summed E-state index contributed by atoms with van der Waals surface area (Å²) in [6.45, 7) is 1.28. The van der Waals surface area contributed by atoms with Crippen molar-refractivity contribution in [2.45, 2.75) is 6.61 Å². The van der Waals surface area contributed by atoms with Gasteiger partial charge in [-0.1, -0.05) is 30.3 Å². The number of nitrogens with two attached hydrogens (primary N) is 1. The first kappa shape index (κ1) is 11.4. The predicted octanol–water partition coefficient (Wildman–Crippen LogP) is 0.555. The fraction of sp³-hybridized carbons (Fsp3) is 0.333. The van der Waals surface area contributed by atoms with Gasteiger partial charge < -0.3 is 15.4 Å². The minimum Gasteiger partial charge on any atom is -0.460 e. The van der Waals surface area contributed by atoms with E-state index in [0.717, 1.165) is 5.56 Å². The Morgan fingerprint density at radius 3 is 2.65 bits per heavy atom. The molecule has 1 aromatic rings. The summed E-state index contributed by atoms with van der Waals surface area (Å²) in [5, 5.41) is 7.17. The minimum absolute atomic E-state index is 0.0112. The van der Waals surface area contributed by atoms with Gasteiger partial charge in [0.05, 0.1) is 5.92 Å². The number of hydrogen-bond donors (Lipinski definition) is 2. The number of likely N-dealkylation sites (tertiary alicyclic amines) is 1. The molecule has 90 valence electrons. The Labute approximate surface area is 99.7 Å². The summed E-state index contributed by atoms with van der Waals surface area (Å²) in [7, 11) is 0. The Morgan fingerprint density at radius 2 is 2.06 bits per heavy atom. The Morgan fingerprint density at radius 1 is 1.41 bits per heavy atom. The summed E-state index contributed by atoms with van der Waals surface area (Å²) in [5.74, 6) is -0.355. The van der Waals surface area contributed by atoms with Crippen molar-refractivity contribution in [1.82, 2.24) is 4.90 Å². The van der Waals surface area contributed by atoms with Crippen molar-refractivity contribution in [2.75, 3.05) is 13.1 Å². The highest BCUT2D eigenvalue weighted by molar-refractivity contribution is 5.80. The van der Waals surface area contributed by atoms with Gasteiger partial charge >= 0.3 is 5.97 Å². The number of nitrogens with one attached hydrogen (secondary N) is 1. The molecule has 0 saturated carbocycles. The molecule has 1 saturated heterocycles. The Balaban J connectivity index is 1.74. The largest absolute Gasteiger partial charge is 0.460 e. The normalized spacial score (nSPS) is 15.2. The lowest BCUT2D eigenvalue weighted by Gasteiger charge is -2.37. The lowest BCUT2D eigenvalue weighted by atomic mass is 10.0. The highest BCUT2D eigenvalue weighted by Gasteiger charge is 2.34. The molecule has 0 aromatic heterocycles. The second-order valence-corrected chi connectivity index (χ2v) is 4.08. The summed E-state index contributed by atoms with van der Waals surface area (Å²) in [6, 6.07) is 9.56. The fourth-order valence-corrected chi connectivity index (χ4v) is 1.67. The second kappa shape index (κ2) is 4.86. The highest BCUT2D eigenvalue weighted by Crippen LogP contribution is 2.16. The van der Waals surface area contributed by atoms with Crippen molar-refractivity contribution in [2.24, 2.45) is 11.7 Å². The highest BCUT2D eigenvalue weighted by atomic mass is 16.5. The number of carbonyl (C=O) groups is 1. The van der Waals surface area contributed by atoms with Crippen molar-refractivity contribution in [1.29, 1.82) is 5.41 Å². The van der Waals surface area contributed by atoms with E-state index in [1.54, 1.807) is 4.90 Å². The van der Waals surface area contributed by atoms with Gasteiger partial charge in [-0.3, -0.25) is 10.2 Å². The lowest BCUT2D eigenvalue weighted by Crippen LogP contribution is -2.55. The third-order valence-electron chi connectivity index (χ3n) is 2.78. The standard InChI is InChI=1S/C12H15N3O2/c13-12(14)15-6-10(7-15)11(16)17-8-9-4-2-1-3-5-9/h1-5,10H,6-8H2,(H3,13,14). The summed E-state index contributed by atoms with van der Waals surface area (Å²) in [5.41, 5.74) is 6.26. The monoisotopic (exact) mass is 233 g/mol. The van der Waals surface area contributed by atoms with Gasteiger partial charge in [-0.15, -0.1) is 0 Å². The summed E-state index contributed by atoms with van der Waals surface area (Å²) in [6.07, 6.45) is 0. The van der Waals surface area contributed by atoms with Crippen LogP contribution in [-0.4, -0.2) is 29.9 Å². The zero-order chi connectivity index (χ0) is 12.3. The number of esters is 1. The maximum Gasteiger partial charge on any atom is 0.312 e. The average Bonchev–Trinajstić information content (AvgIpc) is 2.25. The molecule has 0 radical (unpaired) electrons. The van der Waals surface area contributed by atoms with Crippen LogP contribution in [0.1, 0.15) is 5.56 Å². The van der Waals surface area contributed by atoms with E-state index in [1.165, 1.54) is 0 Å². The number of rotatable bonds is 3. The Kier molecular flexibility index (Phi) is 3.27. The predicted molar refractivity (Wildman–Crippen MR) is 63.2 cm³/mol. The zero-order valence-corrected chi connectivity index (χ0v) is 9.43. The minimum atomic E-state index is -0.216. The number of hydrogen-bond acceptors (Lipinski definition) is 3. The molecule has 3 N–H and O–H groups in total. The first-order valence-corrected chi connectivity index (χ1v) is 5.46. The van der Waals surface area contributed by atoms with Crippen LogP contribution in [0.25, 0.3) is 0 Å². The number of guanidine groups is 1. The molecule has 0 atom stereocenters. The van der Waals surface area contributed by atoms with E-state index in [9.17, 15) is 4.79 Å². The van der Waals surface area contributed by atoms with Crippen molar-refractivity contribution in [3.63, 3.8) is 0 Å². The third kappa shape index (κ3) is 2.75. The molecule has 5 heteroatoms. The van der Waals surface area contributed by atoms with Crippen LogP contribution in [0.2, 0.25) is 0 Å². The van der Waals surface area contributed by atoms with E-state index in [4.69, 9.17) is 15.9 Å². The molecule has 1 aliphatic heterocycles. The van der Waals surface area contributed by atoms with Crippen molar-refractivity contribution in [3.05, 3.63) is 35.9 Å². The molecule has 1 fully saturated rings. The van der Waals surface area contributed by atoms with Crippen LogP contribution >= 0.6 is 0 Å². The van der Waals surface area contributed by atoms with Gasteiger partial charge in [0, 0.05) is 13.1 Å². The molecule has 1 heterocycles. The van der Waals surface area contributed by atoms with E-state index >= 15 is 0 Å². The molecule has 0 spiro atoms. The maximum absolute atomic E-state index is 11.6. The first-order chi connectivity index (χ1) is 8.16. The van der Waals surface area contributed by atoms with Crippen molar-refractivity contribution in [3.8, 4) is 0 Å². The number of benzene rings is 1. The molecule has 1 aromatic carbocycles. The van der Waals surface area contributed by atoms with Crippen LogP contribution in [-0.2, 0) is 16.1 Å². The van der Waals surface area contributed by atoms with Gasteiger partial charge in [-0.25, -0.2) is 0 Å². The molecule has 17 heavy (non-hydrogen) atoms. The summed E-state index contributed by atoms with van der Waals surface area (Å²) in [4.78, 5) is 13.2. The zero-order valence-electron chi connectivity index (χ0n) is 9.43. The van der Waals surface area contributed by atoms with Gasteiger partial charge in [0.2, 0.25) is 0 Å². The van der Waals surface area contributed by atoms with Crippen molar-refractivity contribution >= 4 is 11.9 Å². The van der Waals surface area contributed by atoms with Gasteiger partial charge in [-0.2, -0.15) is 0 Å². The van der Waals surface area contributed by atoms with Gasteiger partial charge in [0.25, 0.3) is 0 Å². The van der Waals surface area contributed by atoms with Crippen LogP contribution in [0.3, 0.4) is 0 Å². The molecule has 1 aliphatic rings. The molecule has 0 amide bonds. The lowest BCUT2D eigenvalue weighted by molar-refractivity contribution is -0.154. The fourth-order valence-electron chi connectivity index (χ4n) is 1.67. The molecule has 0 bridgehead atoms. The van der Waals surface area contributed by atoms with E-state index in [0.29, 0.717) is 19.7 Å². The third-order valence-corrected chi connectivity index (χ3v) is 2.78. The van der Waals surface area contributed by atoms with Crippen LogP contribution in [0.4, 0.5) is 0 Å². The number of ether oxygens (including phenoxy) is 1. The van der Waals surface area contributed by atoms with Crippen LogP contribution in [0, 0.1) is 11.3 Å². The molecule has 0 aliphatic carbocycles. The van der Waals surface area contributed by atoms with Crippen LogP contribution in [0.5, 0.6) is 0 Å². The SMILES string of the molecule is N=C(N)N1CC(C(=O)OCc2ccccc2)C1. The first-order valence-electron chi connectivity index (χ1n) is 5.46. The van der Waals surface area contributed by atoms with E-state index in [-0.39, 0.29) is 17.8 Å². The van der Waals surface area contributed by atoms with Crippen LogP contribution in [0.15, 0.2) is 30.3 Å². The molecule has 5 nitrogen and oxygen atoms in total. The van der Waals surface area contributed by atoms with E-state index in [2.05, 4.69) is 0 Å². The number of nitrogens with zero attached hydrogens (tertiary/aromatic N) is 1. The van der Waals surface area contributed by atoms with Crippen LogP contribution < -0.4 is 5.73 Å². The molecule has 0 unspecified atom stereocenters. The summed E-state index contributed by atoms with van der Waals surface area (Å²) < 4.78 is 5.18. The number of carbonyl (C=O) groups excluding carboxylic acids is 1. The van der Waals surface area contributed by atoms with Gasteiger partial charge in [-0.05, 0) is 5.56 Å². The van der Waals surface area contributed by atoms with Gasteiger partial charge in [0.1, 0.15) is 6.61 Å².